The number of benzene rings is 1. The Hall–Kier alpha value is -1.84. The molecule has 0 radical (unpaired) electrons. The highest BCUT2D eigenvalue weighted by Crippen LogP contribution is 2.22. The lowest BCUT2D eigenvalue weighted by atomic mass is 9.86. The van der Waals surface area contributed by atoms with Crippen molar-refractivity contribution in [1.82, 2.24) is 9.80 Å². The van der Waals surface area contributed by atoms with Gasteiger partial charge in [0.15, 0.2) is 0 Å². The monoisotopic (exact) mass is 344 g/mol. The van der Waals surface area contributed by atoms with Gasteiger partial charge in [0.1, 0.15) is 0 Å². The smallest absolute Gasteiger partial charge is 0.227 e. The molecule has 2 amide bonds. The number of hydrogen-bond donors (Lipinski definition) is 0. The van der Waals surface area contributed by atoms with Gasteiger partial charge < -0.3 is 9.80 Å². The SMILES string of the molecule is CCCC(=O)N1CCCN(C(=O)Cc2ccc(C(C)(C)C)cc2)CC1. The van der Waals surface area contributed by atoms with Crippen LogP contribution in [0, 0.1) is 0 Å². The van der Waals surface area contributed by atoms with Gasteiger partial charge in [-0.3, -0.25) is 9.59 Å². The Morgan fingerprint density at radius 2 is 1.48 bits per heavy atom. The van der Waals surface area contributed by atoms with Gasteiger partial charge in [-0.2, -0.15) is 0 Å². The average Bonchev–Trinajstić information content (AvgIpc) is 2.81. The van der Waals surface area contributed by atoms with Crippen LogP contribution in [0.25, 0.3) is 0 Å². The number of nitrogens with zero attached hydrogens (tertiary/aromatic N) is 2. The molecule has 25 heavy (non-hydrogen) atoms. The Labute approximate surface area is 152 Å². The summed E-state index contributed by atoms with van der Waals surface area (Å²) < 4.78 is 0. The van der Waals surface area contributed by atoms with E-state index in [0.717, 1.165) is 31.5 Å². The minimum absolute atomic E-state index is 0.127. The molecule has 1 heterocycles. The Morgan fingerprint density at radius 1 is 0.920 bits per heavy atom. The molecule has 4 heteroatoms. The van der Waals surface area contributed by atoms with Crippen LogP contribution < -0.4 is 0 Å². The van der Waals surface area contributed by atoms with E-state index in [1.165, 1.54) is 5.56 Å². The van der Waals surface area contributed by atoms with Gasteiger partial charge in [-0.05, 0) is 29.4 Å². The number of amides is 2. The minimum Gasteiger partial charge on any atom is -0.341 e. The van der Waals surface area contributed by atoms with Crippen molar-refractivity contribution in [3.63, 3.8) is 0 Å². The molecule has 0 spiro atoms. The molecule has 0 N–H and O–H groups in total. The first-order chi connectivity index (χ1) is 11.8. The van der Waals surface area contributed by atoms with E-state index in [9.17, 15) is 9.59 Å². The number of hydrogen-bond acceptors (Lipinski definition) is 2. The van der Waals surface area contributed by atoms with Gasteiger partial charge in [-0.25, -0.2) is 0 Å². The van der Waals surface area contributed by atoms with Gasteiger partial charge in [-0.15, -0.1) is 0 Å². The summed E-state index contributed by atoms with van der Waals surface area (Å²) in [6.45, 7) is 11.4. The third-order valence-electron chi connectivity index (χ3n) is 4.84. The summed E-state index contributed by atoms with van der Waals surface area (Å²) in [5, 5.41) is 0. The van der Waals surface area contributed by atoms with Crippen LogP contribution in [0.5, 0.6) is 0 Å². The van der Waals surface area contributed by atoms with Crippen LogP contribution in [-0.4, -0.2) is 47.8 Å². The summed E-state index contributed by atoms with van der Waals surface area (Å²) in [5.41, 5.74) is 2.46. The van der Waals surface area contributed by atoms with E-state index in [-0.39, 0.29) is 17.2 Å². The van der Waals surface area contributed by atoms with Crippen LogP contribution in [0.3, 0.4) is 0 Å². The zero-order valence-electron chi connectivity index (χ0n) is 16.2. The van der Waals surface area contributed by atoms with Gasteiger partial charge in [0.2, 0.25) is 11.8 Å². The first-order valence-corrected chi connectivity index (χ1v) is 9.46. The molecule has 0 unspecified atom stereocenters. The number of carbonyl (C=O) groups is 2. The molecule has 0 atom stereocenters. The predicted octanol–water partition coefficient (Wildman–Crippen LogP) is 3.39. The molecule has 1 aromatic rings. The van der Waals surface area contributed by atoms with Crippen LogP contribution >= 0.6 is 0 Å². The summed E-state index contributed by atoms with van der Waals surface area (Å²) in [7, 11) is 0. The highest BCUT2D eigenvalue weighted by molar-refractivity contribution is 5.79. The highest BCUT2D eigenvalue weighted by Gasteiger charge is 2.22. The van der Waals surface area contributed by atoms with Crippen LogP contribution in [0.2, 0.25) is 0 Å². The maximum absolute atomic E-state index is 12.6. The summed E-state index contributed by atoms with van der Waals surface area (Å²) in [4.78, 5) is 28.5. The van der Waals surface area contributed by atoms with Gasteiger partial charge in [0, 0.05) is 32.6 Å². The zero-order chi connectivity index (χ0) is 18.4. The van der Waals surface area contributed by atoms with Gasteiger partial charge >= 0.3 is 0 Å². The molecule has 0 saturated carbocycles. The largest absolute Gasteiger partial charge is 0.341 e. The second kappa shape index (κ2) is 8.50. The third-order valence-corrected chi connectivity index (χ3v) is 4.84. The van der Waals surface area contributed by atoms with E-state index in [4.69, 9.17) is 0 Å². The second-order valence-electron chi connectivity index (χ2n) is 7.99. The summed E-state index contributed by atoms with van der Waals surface area (Å²) in [5.74, 6) is 0.378. The molecular weight excluding hydrogens is 312 g/mol. The van der Waals surface area contributed by atoms with Crippen molar-refractivity contribution in [1.29, 1.82) is 0 Å². The van der Waals surface area contributed by atoms with Crippen molar-refractivity contribution in [3.8, 4) is 0 Å². The van der Waals surface area contributed by atoms with E-state index in [1.54, 1.807) is 0 Å². The Bertz CT molecular complexity index is 587. The molecule has 2 rings (SSSR count). The van der Waals surface area contributed by atoms with E-state index in [2.05, 4.69) is 45.0 Å². The van der Waals surface area contributed by atoms with E-state index < -0.39 is 0 Å². The summed E-state index contributed by atoms with van der Waals surface area (Å²) >= 11 is 0. The molecular formula is C21H32N2O2. The van der Waals surface area contributed by atoms with E-state index in [1.807, 2.05) is 16.7 Å². The quantitative estimate of drug-likeness (QED) is 0.840. The molecule has 0 aliphatic carbocycles. The molecule has 1 aliphatic heterocycles. The fraction of sp³-hybridized carbons (Fsp3) is 0.619. The third kappa shape index (κ3) is 5.58. The molecule has 138 valence electrons. The lowest BCUT2D eigenvalue weighted by Gasteiger charge is -2.22. The Kier molecular flexibility index (Phi) is 6.63. The molecule has 1 aliphatic rings. The maximum atomic E-state index is 12.6. The van der Waals surface area contributed by atoms with Crippen LogP contribution in [0.1, 0.15) is 58.1 Å². The molecule has 0 bridgehead atoms. The van der Waals surface area contributed by atoms with Crippen molar-refractivity contribution >= 4 is 11.8 Å². The topological polar surface area (TPSA) is 40.6 Å². The average molecular weight is 344 g/mol. The molecule has 1 aromatic carbocycles. The molecule has 1 fully saturated rings. The lowest BCUT2D eigenvalue weighted by Crippen LogP contribution is -2.37. The first-order valence-electron chi connectivity index (χ1n) is 9.46. The highest BCUT2D eigenvalue weighted by atomic mass is 16.2. The maximum Gasteiger partial charge on any atom is 0.227 e. The lowest BCUT2D eigenvalue weighted by molar-refractivity contribution is -0.133. The van der Waals surface area contributed by atoms with Crippen molar-refractivity contribution in [3.05, 3.63) is 35.4 Å². The Morgan fingerprint density at radius 3 is 2.00 bits per heavy atom. The van der Waals surface area contributed by atoms with Crippen molar-refractivity contribution in [2.75, 3.05) is 26.2 Å². The number of carbonyl (C=O) groups excluding carboxylic acids is 2. The predicted molar refractivity (Wildman–Crippen MR) is 102 cm³/mol. The van der Waals surface area contributed by atoms with E-state index >= 15 is 0 Å². The molecule has 4 nitrogen and oxygen atoms in total. The normalized spacial score (nSPS) is 15.8. The zero-order valence-corrected chi connectivity index (χ0v) is 16.2. The van der Waals surface area contributed by atoms with Crippen molar-refractivity contribution < 1.29 is 9.59 Å². The molecule has 1 saturated heterocycles. The van der Waals surface area contributed by atoms with E-state index in [0.29, 0.717) is 25.9 Å². The van der Waals surface area contributed by atoms with Crippen LogP contribution in [0.15, 0.2) is 24.3 Å². The van der Waals surface area contributed by atoms with Gasteiger partial charge in [-0.1, -0.05) is 52.0 Å². The van der Waals surface area contributed by atoms with Crippen LogP contribution in [-0.2, 0) is 21.4 Å². The van der Waals surface area contributed by atoms with Crippen molar-refractivity contribution in [2.45, 2.75) is 58.8 Å². The van der Waals surface area contributed by atoms with Gasteiger partial charge in [0.25, 0.3) is 0 Å². The fourth-order valence-corrected chi connectivity index (χ4v) is 3.20. The number of rotatable bonds is 4. The second-order valence-corrected chi connectivity index (χ2v) is 7.99. The standard InChI is InChI=1S/C21H32N2O2/c1-5-7-19(24)22-12-6-13-23(15-14-22)20(25)16-17-8-10-18(11-9-17)21(2,3)4/h8-11H,5-7,12-16H2,1-4H3. The van der Waals surface area contributed by atoms with Crippen molar-refractivity contribution in [2.24, 2.45) is 0 Å². The fourth-order valence-electron chi connectivity index (χ4n) is 3.20. The van der Waals surface area contributed by atoms with Crippen LogP contribution in [0.4, 0.5) is 0 Å². The summed E-state index contributed by atoms with van der Waals surface area (Å²) in [6, 6.07) is 8.37. The Balaban J connectivity index is 1.91. The minimum atomic E-state index is 0.127. The first kappa shape index (κ1) is 19.5. The summed E-state index contributed by atoms with van der Waals surface area (Å²) in [6.07, 6.45) is 2.79. The molecule has 0 aromatic heterocycles. The van der Waals surface area contributed by atoms with Gasteiger partial charge in [0.05, 0.1) is 6.42 Å².